The first-order valence-electron chi connectivity index (χ1n) is 4.24. The smallest absolute Gasteiger partial charge is 0.256 e. The molecule has 0 bridgehead atoms. The van der Waals surface area contributed by atoms with Gasteiger partial charge >= 0.3 is 0 Å². The van der Waals surface area contributed by atoms with Gasteiger partial charge in [0.2, 0.25) is 0 Å². The number of H-pyrrole nitrogens is 1. The number of hydrogen-bond acceptors (Lipinski definition) is 1. The lowest BCUT2D eigenvalue weighted by Crippen LogP contribution is -2.06. The first-order valence-corrected chi connectivity index (χ1v) is 6.39. The summed E-state index contributed by atoms with van der Waals surface area (Å²) in [5.74, 6) is 0. The highest BCUT2D eigenvalue weighted by Crippen LogP contribution is 2.08. The van der Waals surface area contributed by atoms with Crippen molar-refractivity contribution in [2.24, 2.45) is 0 Å². The molecule has 2 nitrogen and oxygen atoms in total. The Bertz CT molecular complexity index is 476. The van der Waals surface area contributed by atoms with Gasteiger partial charge in [0.25, 0.3) is 5.56 Å². The second kappa shape index (κ2) is 5.14. The number of hydrogen-bond donors (Lipinski definition) is 1. The van der Waals surface area contributed by atoms with Gasteiger partial charge in [0.05, 0.1) is 0 Å². The number of halogens is 1. The molecule has 0 unspecified atom stereocenters. The third-order valence-electron chi connectivity index (χ3n) is 1.89. The monoisotopic (exact) mass is 301 g/mol. The van der Waals surface area contributed by atoms with Crippen LogP contribution in [0.15, 0.2) is 35.1 Å². The Morgan fingerprint density at radius 1 is 1.21 bits per heavy atom. The zero-order valence-corrected chi connectivity index (χ0v) is 10.3. The molecule has 1 heterocycles. The van der Waals surface area contributed by atoms with Crippen LogP contribution in [0, 0.1) is 6.92 Å². The summed E-state index contributed by atoms with van der Waals surface area (Å²) in [5, 5.41) is 1.75. The van der Waals surface area contributed by atoms with Crippen molar-refractivity contribution in [3.8, 4) is 0 Å². The van der Waals surface area contributed by atoms with Gasteiger partial charge in [0.15, 0.2) is 0 Å². The minimum absolute atomic E-state index is 0.00870. The van der Waals surface area contributed by atoms with Gasteiger partial charge in [-0.2, -0.15) is 0 Å². The molecule has 0 atom stereocenters. The average Bonchev–Trinajstić information content (AvgIpc) is 2.20. The van der Waals surface area contributed by atoms with E-state index in [0.29, 0.717) is 0 Å². The molecule has 14 heavy (non-hydrogen) atoms. The van der Waals surface area contributed by atoms with E-state index in [2.05, 4.69) is 27.6 Å². The van der Waals surface area contributed by atoms with E-state index < -0.39 is 0 Å². The molecule has 3 heteroatoms. The predicted octanol–water partition coefficient (Wildman–Crippen LogP) is 2.89. The first-order chi connectivity index (χ1) is 6.77. The van der Waals surface area contributed by atoms with Crippen LogP contribution in [0.3, 0.4) is 0 Å². The Morgan fingerprint density at radius 2 is 1.86 bits per heavy atom. The molecule has 0 spiro atoms. The summed E-state index contributed by atoms with van der Waals surface area (Å²) >= 11 is 2.15. The fraction of sp³-hybridized carbons (Fsp3) is 0.182. The van der Waals surface area contributed by atoms with Crippen molar-refractivity contribution in [2.45, 2.75) is 6.92 Å². The first kappa shape index (κ1) is 11.2. The highest BCUT2D eigenvalue weighted by Gasteiger charge is 1.96. The van der Waals surface area contributed by atoms with Crippen molar-refractivity contribution < 1.29 is 0 Å². The molecule has 0 saturated heterocycles. The second-order valence-electron chi connectivity index (χ2n) is 2.87. The summed E-state index contributed by atoms with van der Waals surface area (Å²) in [5.41, 5.74) is 0.893. The molecule has 2 rings (SSSR count). The van der Waals surface area contributed by atoms with Crippen LogP contribution >= 0.6 is 22.6 Å². The number of fused-ring (bicyclic) bond motifs is 1. The molecule has 0 aliphatic heterocycles. The Labute approximate surface area is 96.5 Å². The van der Waals surface area contributed by atoms with Crippen molar-refractivity contribution in [3.63, 3.8) is 0 Å². The van der Waals surface area contributed by atoms with Gasteiger partial charge in [0.1, 0.15) is 0 Å². The van der Waals surface area contributed by atoms with Crippen molar-refractivity contribution in [1.29, 1.82) is 0 Å². The number of pyridine rings is 1. The van der Waals surface area contributed by atoms with Crippen LogP contribution in [-0.2, 0) is 0 Å². The summed E-state index contributed by atoms with van der Waals surface area (Å²) in [6.45, 7) is 1.88. The molecule has 1 aromatic carbocycles. The van der Waals surface area contributed by atoms with Crippen LogP contribution in [0.25, 0.3) is 10.8 Å². The number of nitrogens with one attached hydrogen (secondary N) is 1. The van der Waals surface area contributed by atoms with E-state index in [1.54, 1.807) is 0 Å². The number of alkyl halides is 1. The summed E-state index contributed by atoms with van der Waals surface area (Å²) in [7, 11) is 0. The lowest BCUT2D eigenvalue weighted by Gasteiger charge is -1.96. The second-order valence-corrected chi connectivity index (χ2v) is 2.87. The van der Waals surface area contributed by atoms with Gasteiger partial charge < -0.3 is 4.98 Å². The van der Waals surface area contributed by atoms with Crippen molar-refractivity contribution in [2.75, 3.05) is 4.93 Å². The van der Waals surface area contributed by atoms with Gasteiger partial charge in [0, 0.05) is 11.1 Å². The third kappa shape index (κ3) is 2.35. The van der Waals surface area contributed by atoms with E-state index in [0.717, 1.165) is 16.5 Å². The minimum atomic E-state index is -0.00870. The zero-order valence-electron chi connectivity index (χ0n) is 8.17. The number of aromatic amines is 1. The summed E-state index contributed by atoms with van der Waals surface area (Å²) in [4.78, 5) is 16.1. The van der Waals surface area contributed by atoms with Crippen LogP contribution in [0.1, 0.15) is 5.69 Å². The molecule has 0 radical (unpaired) electrons. The SMILES string of the molecule is CI.Cc1cc2ccccc2c(=O)[nH]1. The highest BCUT2D eigenvalue weighted by atomic mass is 127. The molecule has 74 valence electrons. The van der Waals surface area contributed by atoms with E-state index in [1.165, 1.54) is 0 Å². The Kier molecular flexibility index (Phi) is 4.13. The normalized spacial score (nSPS) is 9.36. The zero-order chi connectivity index (χ0) is 10.6. The summed E-state index contributed by atoms with van der Waals surface area (Å²) in [6.07, 6.45) is 0. The lowest BCUT2D eigenvalue weighted by atomic mass is 10.1. The van der Waals surface area contributed by atoms with E-state index in [4.69, 9.17) is 0 Å². The van der Waals surface area contributed by atoms with Gasteiger partial charge in [-0.15, -0.1) is 0 Å². The van der Waals surface area contributed by atoms with Crippen LogP contribution in [0.5, 0.6) is 0 Å². The average molecular weight is 301 g/mol. The van der Waals surface area contributed by atoms with Crippen LogP contribution in [-0.4, -0.2) is 9.91 Å². The van der Waals surface area contributed by atoms with Crippen LogP contribution < -0.4 is 5.56 Å². The molecule has 1 N–H and O–H groups in total. The molecule has 1 aromatic heterocycles. The van der Waals surface area contributed by atoms with Gasteiger partial charge in [-0.05, 0) is 29.4 Å². The molecule has 0 fully saturated rings. The number of aryl methyl sites for hydroxylation is 1. The summed E-state index contributed by atoms with van der Waals surface area (Å²) in [6, 6.07) is 9.54. The molecular formula is C11H12INO. The van der Waals surface area contributed by atoms with Crippen molar-refractivity contribution in [1.82, 2.24) is 4.98 Å². The number of aromatic nitrogens is 1. The van der Waals surface area contributed by atoms with Gasteiger partial charge in [-0.25, -0.2) is 0 Å². The number of rotatable bonds is 0. The standard InChI is InChI=1S/C10H9NO.CH3I/c1-7-6-8-4-2-3-5-9(8)10(12)11-7;1-2/h2-6H,1H3,(H,11,12);1H3. The fourth-order valence-corrected chi connectivity index (χ4v) is 1.35. The fourth-order valence-electron chi connectivity index (χ4n) is 1.35. The van der Waals surface area contributed by atoms with E-state index in [9.17, 15) is 4.79 Å². The summed E-state index contributed by atoms with van der Waals surface area (Å²) < 4.78 is 0. The largest absolute Gasteiger partial charge is 0.326 e. The Hall–Kier alpha value is -0.840. The van der Waals surface area contributed by atoms with E-state index in [1.807, 2.05) is 42.2 Å². The maximum Gasteiger partial charge on any atom is 0.256 e. The van der Waals surface area contributed by atoms with E-state index in [-0.39, 0.29) is 5.56 Å². The van der Waals surface area contributed by atoms with Gasteiger partial charge in [-0.3, -0.25) is 4.79 Å². The maximum absolute atomic E-state index is 11.3. The molecule has 0 aliphatic carbocycles. The Morgan fingerprint density at radius 3 is 2.57 bits per heavy atom. The maximum atomic E-state index is 11.3. The van der Waals surface area contributed by atoms with Gasteiger partial charge in [-0.1, -0.05) is 40.8 Å². The Balaban J connectivity index is 0.000000461. The topological polar surface area (TPSA) is 32.9 Å². The van der Waals surface area contributed by atoms with Crippen LogP contribution in [0.4, 0.5) is 0 Å². The molecule has 2 aromatic rings. The quantitative estimate of drug-likeness (QED) is 0.589. The highest BCUT2D eigenvalue weighted by molar-refractivity contribution is 14.1. The third-order valence-corrected chi connectivity index (χ3v) is 1.89. The number of benzene rings is 1. The molecule has 0 saturated carbocycles. The van der Waals surface area contributed by atoms with Crippen molar-refractivity contribution in [3.05, 3.63) is 46.4 Å². The predicted molar refractivity (Wildman–Crippen MR) is 69.2 cm³/mol. The minimum Gasteiger partial charge on any atom is -0.326 e. The van der Waals surface area contributed by atoms with Crippen LogP contribution in [0.2, 0.25) is 0 Å². The lowest BCUT2D eigenvalue weighted by molar-refractivity contribution is 1.17. The van der Waals surface area contributed by atoms with E-state index >= 15 is 0 Å². The molecule has 0 aliphatic rings. The molecule has 0 amide bonds. The molecular weight excluding hydrogens is 289 g/mol. The van der Waals surface area contributed by atoms with Crippen molar-refractivity contribution >= 4 is 33.4 Å².